The third-order valence-corrected chi connectivity index (χ3v) is 4.50. The molecule has 0 atom stereocenters. The van der Waals surface area contributed by atoms with Crippen LogP contribution in [0, 0.1) is 0 Å². The quantitative estimate of drug-likeness (QED) is 0.270. The fourth-order valence-corrected chi connectivity index (χ4v) is 3.46. The number of carbonyl (C=O) groups excluding carboxylic acids is 1. The van der Waals surface area contributed by atoms with Crippen molar-refractivity contribution in [1.82, 2.24) is 0 Å². The summed E-state index contributed by atoms with van der Waals surface area (Å²) < 4.78 is 5.65. The molecule has 129 valence electrons. The molecule has 1 radical (unpaired) electrons. The first-order valence-electron chi connectivity index (χ1n) is 8.18. The molecule has 4 rings (SSSR count). The van der Waals surface area contributed by atoms with Crippen LogP contribution < -0.4 is 4.74 Å². The van der Waals surface area contributed by atoms with Crippen molar-refractivity contribution in [1.29, 1.82) is 0 Å². The number of carbonyl (C=O) groups is 1. The van der Waals surface area contributed by atoms with Crippen molar-refractivity contribution in [2.24, 2.45) is 0 Å². The maximum atomic E-state index is 11.7. The fraction of sp³-hybridized carbons (Fsp3) is 0.136. The minimum Gasteiger partial charge on any atom is -0.426 e. The van der Waals surface area contributed by atoms with Gasteiger partial charge < -0.3 is 4.74 Å². The van der Waals surface area contributed by atoms with E-state index in [1.807, 2.05) is 18.2 Å². The van der Waals surface area contributed by atoms with Gasteiger partial charge in [-0.15, -0.1) is 0 Å². The van der Waals surface area contributed by atoms with Crippen LogP contribution in [0.5, 0.6) is 5.75 Å². The first kappa shape index (κ1) is 17.7. The number of hydrogen-bond donors (Lipinski definition) is 0. The standard InChI is InChI=1S/C22H18O2.Ag/c1-15(23)24-22-18(13-16-7-3-2-4-8-16)11-12-20-19-10-6-5-9-17(19)14-21(20)22;/h2-12H,13-14H2,1H3;. The normalized spacial score (nSPS) is 11.2. The van der Waals surface area contributed by atoms with Gasteiger partial charge in [0.15, 0.2) is 0 Å². The Labute approximate surface area is 163 Å². The second-order valence-corrected chi connectivity index (χ2v) is 6.17. The van der Waals surface area contributed by atoms with Crippen LogP contribution in [0.15, 0.2) is 66.7 Å². The molecule has 1 aliphatic rings. The van der Waals surface area contributed by atoms with Crippen LogP contribution in [0.3, 0.4) is 0 Å². The summed E-state index contributed by atoms with van der Waals surface area (Å²) in [6.45, 7) is 1.47. The molecule has 0 fully saturated rings. The zero-order chi connectivity index (χ0) is 16.5. The first-order valence-corrected chi connectivity index (χ1v) is 8.18. The van der Waals surface area contributed by atoms with E-state index < -0.39 is 0 Å². The zero-order valence-corrected chi connectivity index (χ0v) is 15.4. The molecule has 3 aromatic carbocycles. The van der Waals surface area contributed by atoms with Crippen molar-refractivity contribution in [3.05, 3.63) is 89.0 Å². The molecule has 0 heterocycles. The average molecular weight is 422 g/mol. The summed E-state index contributed by atoms with van der Waals surface area (Å²) in [7, 11) is 0. The smallest absolute Gasteiger partial charge is 0.308 e. The monoisotopic (exact) mass is 421 g/mol. The Kier molecular flexibility index (Phi) is 5.24. The molecule has 0 unspecified atom stereocenters. The Morgan fingerprint density at radius 2 is 1.64 bits per heavy atom. The van der Waals surface area contributed by atoms with Crippen LogP contribution in [0.25, 0.3) is 11.1 Å². The molecule has 1 aliphatic carbocycles. The zero-order valence-electron chi connectivity index (χ0n) is 13.9. The Balaban J connectivity index is 0.00000182. The second-order valence-electron chi connectivity index (χ2n) is 6.17. The predicted octanol–water partition coefficient (Wildman–Crippen LogP) is 4.77. The molecular formula is C22H18AgO2. The van der Waals surface area contributed by atoms with Gasteiger partial charge in [0.1, 0.15) is 5.75 Å². The van der Waals surface area contributed by atoms with Gasteiger partial charge >= 0.3 is 5.97 Å². The summed E-state index contributed by atoms with van der Waals surface area (Å²) in [6.07, 6.45) is 1.57. The van der Waals surface area contributed by atoms with Crippen molar-refractivity contribution in [3.8, 4) is 16.9 Å². The Bertz CT molecular complexity index is 917. The van der Waals surface area contributed by atoms with E-state index >= 15 is 0 Å². The van der Waals surface area contributed by atoms with E-state index in [1.165, 1.54) is 29.2 Å². The second kappa shape index (κ2) is 7.40. The molecule has 0 saturated carbocycles. The van der Waals surface area contributed by atoms with Gasteiger partial charge in [0.05, 0.1) is 0 Å². The van der Waals surface area contributed by atoms with Crippen molar-refractivity contribution >= 4 is 5.97 Å². The fourth-order valence-electron chi connectivity index (χ4n) is 3.46. The number of fused-ring (bicyclic) bond motifs is 3. The number of esters is 1. The van der Waals surface area contributed by atoms with Gasteiger partial charge in [-0.05, 0) is 27.8 Å². The van der Waals surface area contributed by atoms with Crippen LogP contribution in [-0.4, -0.2) is 5.97 Å². The van der Waals surface area contributed by atoms with Gasteiger partial charge in [0, 0.05) is 47.7 Å². The number of rotatable bonds is 3. The molecule has 0 aromatic heterocycles. The van der Waals surface area contributed by atoms with Gasteiger partial charge in [0.25, 0.3) is 0 Å². The predicted molar refractivity (Wildman–Crippen MR) is 95.2 cm³/mol. The molecule has 0 N–H and O–H groups in total. The van der Waals surface area contributed by atoms with Crippen molar-refractivity contribution in [2.45, 2.75) is 19.8 Å². The molecule has 0 bridgehead atoms. The summed E-state index contributed by atoms with van der Waals surface area (Å²) in [5.41, 5.74) is 7.10. The number of hydrogen-bond acceptors (Lipinski definition) is 2. The minimum atomic E-state index is -0.270. The maximum absolute atomic E-state index is 11.7. The molecule has 3 heteroatoms. The molecule has 3 aromatic rings. The molecule has 0 saturated heterocycles. The van der Waals surface area contributed by atoms with Crippen LogP contribution >= 0.6 is 0 Å². The molecule has 25 heavy (non-hydrogen) atoms. The largest absolute Gasteiger partial charge is 0.426 e. The van der Waals surface area contributed by atoms with E-state index in [2.05, 4.69) is 48.5 Å². The third kappa shape index (κ3) is 3.47. The molecule has 0 aliphatic heterocycles. The van der Waals surface area contributed by atoms with Crippen LogP contribution in [0.1, 0.15) is 29.2 Å². The van der Waals surface area contributed by atoms with E-state index in [0.717, 1.165) is 29.7 Å². The van der Waals surface area contributed by atoms with Gasteiger partial charge in [-0.1, -0.05) is 66.7 Å². The van der Waals surface area contributed by atoms with Crippen molar-refractivity contribution in [2.75, 3.05) is 0 Å². The maximum Gasteiger partial charge on any atom is 0.308 e. The van der Waals surface area contributed by atoms with E-state index in [1.54, 1.807) is 0 Å². The topological polar surface area (TPSA) is 26.3 Å². The van der Waals surface area contributed by atoms with E-state index in [4.69, 9.17) is 4.74 Å². The molecule has 2 nitrogen and oxygen atoms in total. The van der Waals surface area contributed by atoms with Gasteiger partial charge in [-0.2, -0.15) is 0 Å². The van der Waals surface area contributed by atoms with E-state index in [9.17, 15) is 4.79 Å². The SMILES string of the molecule is CC(=O)Oc1c(Cc2ccccc2)ccc2c1Cc1ccccc1-2.[Ag]. The average Bonchev–Trinajstić information content (AvgIpc) is 2.97. The van der Waals surface area contributed by atoms with Gasteiger partial charge in [-0.3, -0.25) is 4.79 Å². The van der Waals surface area contributed by atoms with E-state index in [0.29, 0.717) is 0 Å². The Morgan fingerprint density at radius 3 is 2.40 bits per heavy atom. The van der Waals surface area contributed by atoms with Crippen LogP contribution in [0.4, 0.5) is 0 Å². The number of benzene rings is 3. The summed E-state index contributed by atoms with van der Waals surface area (Å²) in [4.78, 5) is 11.7. The summed E-state index contributed by atoms with van der Waals surface area (Å²) in [5, 5.41) is 0. The summed E-state index contributed by atoms with van der Waals surface area (Å²) in [5.74, 6) is 0.466. The Hall–Kier alpha value is -2.13. The first-order chi connectivity index (χ1) is 11.7. The number of ether oxygens (including phenoxy) is 1. The van der Waals surface area contributed by atoms with E-state index in [-0.39, 0.29) is 28.3 Å². The summed E-state index contributed by atoms with van der Waals surface area (Å²) >= 11 is 0. The van der Waals surface area contributed by atoms with Crippen molar-refractivity contribution < 1.29 is 31.9 Å². The summed E-state index contributed by atoms with van der Waals surface area (Å²) in [6, 6.07) is 22.9. The van der Waals surface area contributed by atoms with Gasteiger partial charge in [-0.25, -0.2) is 0 Å². The third-order valence-electron chi connectivity index (χ3n) is 4.50. The molecular weight excluding hydrogens is 404 g/mol. The van der Waals surface area contributed by atoms with Crippen LogP contribution in [0.2, 0.25) is 0 Å². The van der Waals surface area contributed by atoms with Crippen molar-refractivity contribution in [3.63, 3.8) is 0 Å². The van der Waals surface area contributed by atoms with Gasteiger partial charge in [0.2, 0.25) is 0 Å². The van der Waals surface area contributed by atoms with Crippen LogP contribution in [-0.2, 0) is 40.0 Å². The molecule has 0 amide bonds. The molecule has 0 spiro atoms. The minimum absolute atomic E-state index is 0. The Morgan fingerprint density at radius 1 is 0.920 bits per heavy atom.